The Kier molecular flexibility index (Phi) is 5.47. The van der Waals surface area contributed by atoms with Gasteiger partial charge in [0.25, 0.3) is 0 Å². The van der Waals surface area contributed by atoms with E-state index in [4.69, 9.17) is 0 Å². The maximum Gasteiger partial charge on any atom is 0.230 e. The Hall–Kier alpha value is -0.220. The molecule has 15 heavy (non-hydrogen) atoms. The normalized spacial score (nSPS) is 18.3. The van der Waals surface area contributed by atoms with Gasteiger partial charge in [0.15, 0.2) is 0 Å². The molecule has 1 aliphatic rings. The lowest BCUT2D eigenvalue weighted by Crippen LogP contribution is -2.48. The third kappa shape index (κ3) is 4.89. The molecule has 0 atom stereocenters. The van der Waals surface area contributed by atoms with Crippen molar-refractivity contribution in [1.82, 2.24) is 5.32 Å². The fraction of sp³-hybridized carbons (Fsp3) is 0.909. The van der Waals surface area contributed by atoms with E-state index in [9.17, 15) is 9.90 Å². The van der Waals surface area contributed by atoms with Gasteiger partial charge in [-0.2, -0.15) is 11.8 Å². The first kappa shape index (κ1) is 12.8. The lowest BCUT2D eigenvalue weighted by atomic mass is 9.80. The molecule has 4 heteroatoms. The van der Waals surface area contributed by atoms with Gasteiger partial charge < -0.3 is 10.4 Å². The Morgan fingerprint density at radius 1 is 1.53 bits per heavy atom. The number of nitrogens with one attached hydrogen (secondary N) is 1. The summed E-state index contributed by atoms with van der Waals surface area (Å²) in [6.45, 7) is 2.58. The molecule has 0 radical (unpaired) electrons. The molecule has 1 rings (SSSR count). The highest BCUT2D eigenvalue weighted by Crippen LogP contribution is 2.30. The summed E-state index contributed by atoms with van der Waals surface area (Å²) in [5.41, 5.74) is -0.594. The molecule has 88 valence electrons. The van der Waals surface area contributed by atoms with Gasteiger partial charge in [-0.1, -0.05) is 13.3 Å². The maximum atomic E-state index is 11.3. The van der Waals surface area contributed by atoms with Crippen molar-refractivity contribution >= 4 is 17.7 Å². The highest BCUT2D eigenvalue weighted by atomic mass is 32.2. The second kappa shape index (κ2) is 6.38. The van der Waals surface area contributed by atoms with Gasteiger partial charge in [0.05, 0.1) is 11.4 Å². The first-order chi connectivity index (χ1) is 7.16. The molecule has 0 aromatic carbocycles. The van der Waals surface area contributed by atoms with Gasteiger partial charge in [0.2, 0.25) is 5.91 Å². The summed E-state index contributed by atoms with van der Waals surface area (Å²) in [5.74, 6) is 1.63. The molecule has 1 fully saturated rings. The zero-order valence-corrected chi connectivity index (χ0v) is 10.2. The summed E-state index contributed by atoms with van der Waals surface area (Å²) in [7, 11) is 0. The average Bonchev–Trinajstić information content (AvgIpc) is 2.19. The van der Waals surface area contributed by atoms with Crippen LogP contribution in [0, 0.1) is 0 Å². The van der Waals surface area contributed by atoms with Crippen molar-refractivity contribution in [1.29, 1.82) is 0 Å². The molecule has 1 saturated carbocycles. The van der Waals surface area contributed by atoms with Gasteiger partial charge in [0.1, 0.15) is 0 Å². The lowest BCUT2D eigenvalue weighted by Gasteiger charge is -2.36. The van der Waals surface area contributed by atoms with Gasteiger partial charge >= 0.3 is 0 Å². The number of amides is 1. The molecular formula is C11H21NO2S. The Labute approximate surface area is 96.0 Å². The van der Waals surface area contributed by atoms with E-state index < -0.39 is 5.60 Å². The van der Waals surface area contributed by atoms with Crippen LogP contribution in [0.15, 0.2) is 0 Å². The SMILES string of the molecule is CCCCSCC(=O)NCC1(O)CCC1. The van der Waals surface area contributed by atoms with Crippen LogP contribution in [0.25, 0.3) is 0 Å². The number of unbranched alkanes of at least 4 members (excludes halogenated alkanes) is 1. The molecule has 2 N–H and O–H groups in total. The van der Waals surface area contributed by atoms with Gasteiger partial charge in [0, 0.05) is 6.54 Å². The number of carbonyl (C=O) groups excluding carboxylic acids is 1. The van der Waals surface area contributed by atoms with E-state index in [1.165, 1.54) is 12.8 Å². The Morgan fingerprint density at radius 2 is 2.27 bits per heavy atom. The Bertz CT molecular complexity index is 205. The molecule has 0 unspecified atom stereocenters. The van der Waals surface area contributed by atoms with Crippen LogP contribution in [-0.2, 0) is 4.79 Å². The second-order valence-corrected chi connectivity index (χ2v) is 5.37. The quantitative estimate of drug-likeness (QED) is 0.654. The van der Waals surface area contributed by atoms with Crippen molar-refractivity contribution < 1.29 is 9.90 Å². The highest BCUT2D eigenvalue weighted by molar-refractivity contribution is 7.99. The first-order valence-corrected chi connectivity index (χ1v) is 6.88. The summed E-state index contributed by atoms with van der Waals surface area (Å²) in [6, 6.07) is 0. The zero-order valence-electron chi connectivity index (χ0n) is 9.42. The molecule has 0 saturated heterocycles. The van der Waals surface area contributed by atoms with Crippen molar-refractivity contribution in [3.8, 4) is 0 Å². The summed E-state index contributed by atoms with van der Waals surface area (Å²) in [6.07, 6.45) is 5.08. The smallest absolute Gasteiger partial charge is 0.230 e. The van der Waals surface area contributed by atoms with Crippen LogP contribution in [0.1, 0.15) is 39.0 Å². The third-order valence-corrected chi connectivity index (χ3v) is 3.82. The van der Waals surface area contributed by atoms with Crippen molar-refractivity contribution in [2.45, 2.75) is 44.6 Å². The summed E-state index contributed by atoms with van der Waals surface area (Å²) in [4.78, 5) is 11.3. The number of hydrogen-bond donors (Lipinski definition) is 2. The molecule has 0 heterocycles. The Balaban J connectivity index is 1.98. The monoisotopic (exact) mass is 231 g/mol. The van der Waals surface area contributed by atoms with Crippen LogP contribution in [0.3, 0.4) is 0 Å². The first-order valence-electron chi connectivity index (χ1n) is 5.73. The van der Waals surface area contributed by atoms with Crippen LogP contribution in [0.5, 0.6) is 0 Å². The van der Waals surface area contributed by atoms with Crippen molar-refractivity contribution in [2.75, 3.05) is 18.1 Å². The average molecular weight is 231 g/mol. The molecule has 1 amide bonds. The van der Waals surface area contributed by atoms with Crippen molar-refractivity contribution in [2.24, 2.45) is 0 Å². The van der Waals surface area contributed by atoms with Gasteiger partial charge in [-0.15, -0.1) is 0 Å². The predicted octanol–water partition coefficient (Wildman–Crippen LogP) is 1.55. The number of aliphatic hydroxyl groups is 1. The van der Waals surface area contributed by atoms with Crippen molar-refractivity contribution in [3.63, 3.8) is 0 Å². The van der Waals surface area contributed by atoms with E-state index in [0.717, 1.165) is 25.0 Å². The Morgan fingerprint density at radius 3 is 2.80 bits per heavy atom. The third-order valence-electron chi connectivity index (χ3n) is 2.77. The van der Waals surface area contributed by atoms with E-state index in [1.807, 2.05) is 0 Å². The van der Waals surface area contributed by atoms with Gasteiger partial charge in [-0.3, -0.25) is 4.79 Å². The maximum absolute atomic E-state index is 11.3. The molecule has 0 spiro atoms. The second-order valence-electron chi connectivity index (χ2n) is 4.26. The minimum atomic E-state index is -0.594. The van der Waals surface area contributed by atoms with E-state index in [0.29, 0.717) is 12.3 Å². The van der Waals surface area contributed by atoms with E-state index in [1.54, 1.807) is 11.8 Å². The summed E-state index contributed by atoms with van der Waals surface area (Å²) >= 11 is 1.67. The number of rotatable bonds is 7. The van der Waals surface area contributed by atoms with E-state index >= 15 is 0 Å². The van der Waals surface area contributed by atoms with E-state index in [2.05, 4.69) is 12.2 Å². The van der Waals surface area contributed by atoms with Gasteiger partial charge in [-0.25, -0.2) is 0 Å². The fourth-order valence-corrected chi connectivity index (χ4v) is 2.41. The van der Waals surface area contributed by atoms with Crippen LogP contribution in [0.2, 0.25) is 0 Å². The zero-order chi connectivity index (χ0) is 11.1. The van der Waals surface area contributed by atoms with Gasteiger partial charge in [-0.05, 0) is 31.4 Å². The highest BCUT2D eigenvalue weighted by Gasteiger charge is 2.34. The van der Waals surface area contributed by atoms with E-state index in [-0.39, 0.29) is 5.91 Å². The largest absolute Gasteiger partial charge is 0.388 e. The standard InChI is InChI=1S/C11H21NO2S/c1-2-3-7-15-8-10(13)12-9-11(14)5-4-6-11/h14H,2-9H2,1H3,(H,12,13). The van der Waals surface area contributed by atoms with Crippen molar-refractivity contribution in [3.05, 3.63) is 0 Å². The summed E-state index contributed by atoms with van der Waals surface area (Å²) < 4.78 is 0. The predicted molar refractivity (Wildman–Crippen MR) is 64.0 cm³/mol. The van der Waals surface area contributed by atoms with Crippen LogP contribution in [-0.4, -0.2) is 34.7 Å². The number of hydrogen-bond acceptors (Lipinski definition) is 3. The molecule has 0 aromatic rings. The molecule has 3 nitrogen and oxygen atoms in total. The molecule has 0 bridgehead atoms. The lowest BCUT2D eigenvalue weighted by molar-refractivity contribution is -0.121. The number of carbonyl (C=O) groups is 1. The summed E-state index contributed by atoms with van der Waals surface area (Å²) in [5, 5.41) is 12.5. The minimum Gasteiger partial charge on any atom is -0.388 e. The number of thioether (sulfide) groups is 1. The molecular weight excluding hydrogens is 210 g/mol. The van der Waals surface area contributed by atoms with Crippen LogP contribution >= 0.6 is 11.8 Å². The van der Waals surface area contributed by atoms with Crippen LogP contribution in [0.4, 0.5) is 0 Å². The molecule has 0 aliphatic heterocycles. The molecule has 1 aliphatic carbocycles. The fourth-order valence-electron chi connectivity index (χ4n) is 1.49. The minimum absolute atomic E-state index is 0.0522. The van der Waals surface area contributed by atoms with Crippen LogP contribution < -0.4 is 5.32 Å². The molecule has 0 aromatic heterocycles. The topological polar surface area (TPSA) is 49.3 Å².